The first kappa shape index (κ1) is 13.9. The number of nitrogens with one attached hydrogen (secondary N) is 1. The van der Waals surface area contributed by atoms with Gasteiger partial charge in [-0.3, -0.25) is 4.79 Å². The fourth-order valence-electron chi connectivity index (χ4n) is 2.72. The Morgan fingerprint density at radius 3 is 2.89 bits per heavy atom. The highest BCUT2D eigenvalue weighted by atomic mass is 16.5. The van der Waals surface area contributed by atoms with Gasteiger partial charge < -0.3 is 15.2 Å². The van der Waals surface area contributed by atoms with Crippen molar-refractivity contribution in [3.05, 3.63) is 23.3 Å². The third kappa shape index (κ3) is 2.32. The smallest absolute Gasteiger partial charge is 0.160 e. The Kier molecular flexibility index (Phi) is 3.80. The van der Waals surface area contributed by atoms with Crippen LogP contribution in [-0.2, 0) is 16.8 Å². The van der Waals surface area contributed by atoms with Gasteiger partial charge in [-0.15, -0.1) is 0 Å². The molecule has 1 aliphatic heterocycles. The summed E-state index contributed by atoms with van der Waals surface area (Å²) in [5.41, 5.74) is 1.26. The molecule has 104 valence electrons. The number of phenolic OH excluding ortho intramolecular Hbond substituents is 1. The van der Waals surface area contributed by atoms with E-state index >= 15 is 0 Å². The summed E-state index contributed by atoms with van der Waals surface area (Å²) in [6.07, 6.45) is 2.19. The maximum atomic E-state index is 12.4. The third-order valence-electron chi connectivity index (χ3n) is 3.85. The number of methoxy groups -OCH3 is 1. The van der Waals surface area contributed by atoms with Crippen LogP contribution in [0.3, 0.4) is 0 Å². The molecule has 0 saturated carbocycles. The Morgan fingerprint density at radius 1 is 1.53 bits per heavy atom. The minimum Gasteiger partial charge on any atom is -0.504 e. The van der Waals surface area contributed by atoms with Gasteiger partial charge >= 0.3 is 0 Å². The molecule has 0 fully saturated rings. The number of hydrogen-bond acceptors (Lipinski definition) is 4. The van der Waals surface area contributed by atoms with Crippen LogP contribution in [0, 0.1) is 0 Å². The van der Waals surface area contributed by atoms with Gasteiger partial charge in [0, 0.05) is 13.0 Å². The zero-order chi connectivity index (χ0) is 14.0. The number of carbonyl (C=O) groups excluding carboxylic acids is 1. The number of rotatable bonds is 4. The number of carbonyl (C=O) groups is 1. The Morgan fingerprint density at radius 2 is 2.26 bits per heavy atom. The molecule has 0 amide bonds. The zero-order valence-electron chi connectivity index (χ0n) is 11.7. The summed E-state index contributed by atoms with van der Waals surface area (Å²) < 4.78 is 5.16. The number of hydrogen-bond donors (Lipinski definition) is 2. The van der Waals surface area contributed by atoms with Crippen molar-refractivity contribution < 1.29 is 14.6 Å². The lowest BCUT2D eigenvalue weighted by Gasteiger charge is -2.36. The molecule has 1 atom stereocenters. The van der Waals surface area contributed by atoms with Crippen molar-refractivity contribution in [2.75, 3.05) is 13.7 Å². The predicted octanol–water partition coefficient (Wildman–Crippen LogP) is 2.13. The summed E-state index contributed by atoms with van der Waals surface area (Å²) >= 11 is 0. The Hall–Kier alpha value is -1.55. The molecule has 1 heterocycles. The number of benzene rings is 1. The molecular weight excluding hydrogens is 242 g/mol. The molecule has 2 N–H and O–H groups in total. The minimum absolute atomic E-state index is 0.133. The van der Waals surface area contributed by atoms with Crippen molar-refractivity contribution in [3.63, 3.8) is 0 Å². The van der Waals surface area contributed by atoms with E-state index in [0.717, 1.165) is 30.5 Å². The Labute approximate surface area is 113 Å². The first-order chi connectivity index (χ1) is 9.02. The highest BCUT2D eigenvalue weighted by Gasteiger charge is 2.38. The van der Waals surface area contributed by atoms with Gasteiger partial charge in [0.05, 0.1) is 7.11 Å². The lowest BCUT2D eigenvalue weighted by Crippen LogP contribution is -2.50. The normalized spacial score (nSPS) is 21.8. The van der Waals surface area contributed by atoms with Crippen molar-refractivity contribution in [3.8, 4) is 11.5 Å². The summed E-state index contributed by atoms with van der Waals surface area (Å²) in [4.78, 5) is 12.4. The van der Waals surface area contributed by atoms with E-state index in [1.165, 1.54) is 7.11 Å². The molecule has 1 aromatic carbocycles. The molecule has 0 spiro atoms. The topological polar surface area (TPSA) is 58.6 Å². The van der Waals surface area contributed by atoms with Crippen LogP contribution >= 0.6 is 0 Å². The minimum atomic E-state index is -0.676. The van der Waals surface area contributed by atoms with Crippen LogP contribution in [0.2, 0.25) is 0 Å². The second kappa shape index (κ2) is 5.21. The lowest BCUT2D eigenvalue weighted by molar-refractivity contribution is -0.125. The van der Waals surface area contributed by atoms with E-state index in [0.29, 0.717) is 12.2 Å². The van der Waals surface area contributed by atoms with Crippen LogP contribution in [-0.4, -0.2) is 24.5 Å². The monoisotopic (exact) mass is 263 g/mol. The van der Waals surface area contributed by atoms with E-state index in [1.54, 1.807) is 12.1 Å². The van der Waals surface area contributed by atoms with Gasteiger partial charge in [-0.2, -0.15) is 0 Å². The van der Waals surface area contributed by atoms with Crippen LogP contribution in [0.1, 0.15) is 37.8 Å². The number of ether oxygens (including phenoxy) is 1. The fraction of sp³-hybridized carbons (Fsp3) is 0.533. The number of aromatic hydroxyl groups is 1. The quantitative estimate of drug-likeness (QED) is 0.873. The molecule has 0 radical (unpaired) electrons. The third-order valence-corrected chi connectivity index (χ3v) is 3.85. The van der Waals surface area contributed by atoms with Crippen molar-refractivity contribution in [2.24, 2.45) is 0 Å². The highest BCUT2D eigenvalue weighted by molar-refractivity contribution is 5.90. The molecule has 2 rings (SSSR count). The molecule has 0 aromatic heterocycles. The largest absolute Gasteiger partial charge is 0.504 e. The second-order valence-electron chi connectivity index (χ2n) is 5.16. The number of ketones is 1. The van der Waals surface area contributed by atoms with Crippen LogP contribution in [0.5, 0.6) is 11.5 Å². The van der Waals surface area contributed by atoms with Crippen LogP contribution in [0.15, 0.2) is 12.1 Å². The number of Topliss-reactive ketones (excluding diaryl/α,β-unsaturated/α-hetero) is 1. The molecule has 4 nitrogen and oxygen atoms in total. The van der Waals surface area contributed by atoms with Gasteiger partial charge in [0.25, 0.3) is 0 Å². The first-order valence-electron chi connectivity index (χ1n) is 6.71. The summed E-state index contributed by atoms with van der Waals surface area (Å²) in [5, 5.41) is 13.2. The average Bonchev–Trinajstić information content (AvgIpc) is 2.38. The fourth-order valence-corrected chi connectivity index (χ4v) is 2.72. The maximum Gasteiger partial charge on any atom is 0.160 e. The van der Waals surface area contributed by atoms with Crippen molar-refractivity contribution in [1.29, 1.82) is 0 Å². The standard InChI is InChI=1S/C15H21NO3/c1-4-5-14(18)15(2)11-9-13(19-3)12(17)8-10(11)6-7-16-15/h8-9,16-17H,4-7H2,1-3H3/t15-/m1/s1. The van der Waals surface area contributed by atoms with E-state index in [1.807, 2.05) is 13.8 Å². The Bertz CT molecular complexity index is 498. The van der Waals surface area contributed by atoms with Gasteiger partial charge in [-0.05, 0) is 43.0 Å². The summed E-state index contributed by atoms with van der Waals surface area (Å²) in [6, 6.07) is 3.50. The van der Waals surface area contributed by atoms with Gasteiger partial charge in [-0.1, -0.05) is 6.92 Å². The number of fused-ring (bicyclic) bond motifs is 1. The molecule has 4 heteroatoms. The maximum absolute atomic E-state index is 12.4. The van der Waals surface area contributed by atoms with Crippen molar-refractivity contribution in [1.82, 2.24) is 5.32 Å². The predicted molar refractivity (Wildman–Crippen MR) is 73.6 cm³/mol. The van der Waals surface area contributed by atoms with Gasteiger partial charge in [0.2, 0.25) is 0 Å². The van der Waals surface area contributed by atoms with Gasteiger partial charge in [0.15, 0.2) is 17.3 Å². The molecule has 1 aromatic rings. The van der Waals surface area contributed by atoms with Gasteiger partial charge in [0.1, 0.15) is 5.54 Å². The molecule has 0 unspecified atom stereocenters. The molecule has 19 heavy (non-hydrogen) atoms. The SMILES string of the molecule is CCCC(=O)[C@]1(C)NCCc2cc(O)c(OC)cc21. The molecule has 0 bridgehead atoms. The highest BCUT2D eigenvalue weighted by Crippen LogP contribution is 2.37. The van der Waals surface area contributed by atoms with E-state index in [9.17, 15) is 9.90 Å². The average molecular weight is 263 g/mol. The summed E-state index contributed by atoms with van der Waals surface area (Å²) in [6.45, 7) is 4.66. The summed E-state index contributed by atoms with van der Waals surface area (Å²) in [5.74, 6) is 0.732. The van der Waals surface area contributed by atoms with E-state index in [4.69, 9.17) is 4.74 Å². The van der Waals surface area contributed by atoms with Crippen LogP contribution < -0.4 is 10.1 Å². The van der Waals surface area contributed by atoms with Crippen LogP contribution in [0.4, 0.5) is 0 Å². The number of phenols is 1. The lowest BCUT2D eigenvalue weighted by atomic mass is 9.79. The van der Waals surface area contributed by atoms with Gasteiger partial charge in [-0.25, -0.2) is 0 Å². The molecule has 0 saturated heterocycles. The molecular formula is C15H21NO3. The van der Waals surface area contributed by atoms with Crippen molar-refractivity contribution in [2.45, 2.75) is 38.6 Å². The molecule has 0 aliphatic carbocycles. The van der Waals surface area contributed by atoms with E-state index in [-0.39, 0.29) is 11.5 Å². The molecule has 1 aliphatic rings. The first-order valence-corrected chi connectivity index (χ1v) is 6.71. The second-order valence-corrected chi connectivity index (χ2v) is 5.16. The Balaban J connectivity index is 2.51. The summed E-state index contributed by atoms with van der Waals surface area (Å²) in [7, 11) is 1.52. The zero-order valence-corrected chi connectivity index (χ0v) is 11.7. The van der Waals surface area contributed by atoms with E-state index in [2.05, 4.69) is 5.32 Å². The van der Waals surface area contributed by atoms with Crippen molar-refractivity contribution >= 4 is 5.78 Å². The van der Waals surface area contributed by atoms with E-state index < -0.39 is 5.54 Å². The van der Waals surface area contributed by atoms with Crippen LogP contribution in [0.25, 0.3) is 0 Å².